The molecule has 5 heteroatoms. The molecule has 0 aromatic rings. The molecule has 0 heterocycles. The van der Waals surface area contributed by atoms with Gasteiger partial charge in [-0.15, -0.1) is 0 Å². The largest absolute Gasteiger partial charge is 0.480 e. The summed E-state index contributed by atoms with van der Waals surface area (Å²) < 4.78 is 12.0. The maximum atomic E-state index is 12.0. The standard InChI is InChI=1S/C10H19NO3S/c11-7-6-9(10(12)13)15(14)8-4-2-1-3-5-8/h8-9H,1-7,11H2,(H,12,13). The fourth-order valence-corrected chi connectivity index (χ4v) is 3.85. The summed E-state index contributed by atoms with van der Waals surface area (Å²) in [6.07, 6.45) is 5.46. The Kier molecular flexibility index (Phi) is 5.25. The third-order valence-electron chi connectivity index (χ3n) is 2.87. The van der Waals surface area contributed by atoms with Gasteiger partial charge in [0.25, 0.3) is 0 Å². The van der Waals surface area contributed by atoms with Crippen molar-refractivity contribution in [1.82, 2.24) is 0 Å². The lowest BCUT2D eigenvalue weighted by atomic mass is 10.0. The van der Waals surface area contributed by atoms with Crippen LogP contribution in [0.3, 0.4) is 0 Å². The summed E-state index contributed by atoms with van der Waals surface area (Å²) in [6.45, 7) is 0.287. The molecule has 1 fully saturated rings. The van der Waals surface area contributed by atoms with Crippen LogP contribution in [-0.2, 0) is 15.6 Å². The minimum absolute atomic E-state index is 0.0754. The first-order valence-corrected chi connectivity index (χ1v) is 6.76. The van der Waals surface area contributed by atoms with Gasteiger partial charge in [0, 0.05) is 16.0 Å². The SMILES string of the molecule is NCCC(C(=O)O)S(=O)C1CCCCC1. The van der Waals surface area contributed by atoms with E-state index in [-0.39, 0.29) is 11.8 Å². The Hall–Kier alpha value is -0.420. The molecule has 3 N–H and O–H groups in total. The van der Waals surface area contributed by atoms with E-state index in [1.807, 2.05) is 0 Å². The van der Waals surface area contributed by atoms with Gasteiger partial charge in [-0.2, -0.15) is 0 Å². The highest BCUT2D eigenvalue weighted by atomic mass is 32.2. The normalized spacial score (nSPS) is 22.2. The Bertz CT molecular complexity index is 239. The molecule has 4 nitrogen and oxygen atoms in total. The minimum Gasteiger partial charge on any atom is -0.480 e. The molecule has 0 saturated heterocycles. The number of carbonyl (C=O) groups is 1. The molecule has 0 radical (unpaired) electrons. The van der Waals surface area contributed by atoms with E-state index in [9.17, 15) is 9.00 Å². The van der Waals surface area contributed by atoms with E-state index in [4.69, 9.17) is 10.8 Å². The van der Waals surface area contributed by atoms with Crippen LogP contribution in [0.5, 0.6) is 0 Å². The molecule has 0 spiro atoms. The molecule has 0 aromatic carbocycles. The summed E-state index contributed by atoms with van der Waals surface area (Å²) in [6, 6.07) is 0. The smallest absolute Gasteiger partial charge is 0.319 e. The summed E-state index contributed by atoms with van der Waals surface area (Å²) in [7, 11) is -1.25. The molecule has 0 amide bonds. The van der Waals surface area contributed by atoms with Crippen molar-refractivity contribution in [2.45, 2.75) is 49.0 Å². The van der Waals surface area contributed by atoms with E-state index in [0.29, 0.717) is 6.42 Å². The van der Waals surface area contributed by atoms with Gasteiger partial charge >= 0.3 is 5.97 Å². The quantitative estimate of drug-likeness (QED) is 0.738. The maximum Gasteiger partial charge on any atom is 0.319 e. The molecule has 0 aromatic heterocycles. The molecule has 0 aliphatic heterocycles. The number of carboxylic acid groups (broad SMARTS) is 1. The lowest BCUT2D eigenvalue weighted by Crippen LogP contribution is -2.35. The van der Waals surface area contributed by atoms with Gasteiger partial charge in [0.1, 0.15) is 5.25 Å². The van der Waals surface area contributed by atoms with Gasteiger partial charge in [-0.3, -0.25) is 9.00 Å². The Morgan fingerprint density at radius 2 is 2.00 bits per heavy atom. The van der Waals surface area contributed by atoms with Gasteiger partial charge in [0.05, 0.1) is 0 Å². The predicted octanol–water partition coefficient (Wildman–Crippen LogP) is 0.870. The van der Waals surface area contributed by atoms with Crippen LogP contribution in [0.1, 0.15) is 38.5 Å². The number of aliphatic carboxylic acids is 1. The van der Waals surface area contributed by atoms with Gasteiger partial charge in [0.15, 0.2) is 0 Å². The van der Waals surface area contributed by atoms with Crippen molar-refractivity contribution in [3.05, 3.63) is 0 Å². The Balaban J connectivity index is 2.57. The van der Waals surface area contributed by atoms with Crippen LogP contribution in [0, 0.1) is 0 Å². The molecule has 15 heavy (non-hydrogen) atoms. The number of rotatable bonds is 5. The molecular weight excluding hydrogens is 214 g/mol. The molecule has 0 bridgehead atoms. The average molecular weight is 233 g/mol. The van der Waals surface area contributed by atoms with Crippen molar-refractivity contribution in [3.8, 4) is 0 Å². The van der Waals surface area contributed by atoms with Crippen LogP contribution in [0.4, 0.5) is 0 Å². The Morgan fingerprint density at radius 3 is 2.47 bits per heavy atom. The van der Waals surface area contributed by atoms with Crippen LogP contribution < -0.4 is 5.73 Å². The number of hydrogen-bond acceptors (Lipinski definition) is 3. The minimum atomic E-state index is -1.25. The first-order chi connectivity index (χ1) is 7.16. The van der Waals surface area contributed by atoms with Gasteiger partial charge in [0.2, 0.25) is 0 Å². The van der Waals surface area contributed by atoms with E-state index in [2.05, 4.69) is 0 Å². The van der Waals surface area contributed by atoms with Crippen LogP contribution in [0.25, 0.3) is 0 Å². The van der Waals surface area contributed by atoms with Crippen LogP contribution in [0.2, 0.25) is 0 Å². The second kappa shape index (κ2) is 6.23. The molecule has 1 rings (SSSR count). The van der Waals surface area contributed by atoms with Gasteiger partial charge in [-0.05, 0) is 25.8 Å². The highest BCUT2D eigenvalue weighted by Gasteiger charge is 2.30. The van der Waals surface area contributed by atoms with Crippen LogP contribution >= 0.6 is 0 Å². The third kappa shape index (κ3) is 3.57. The Labute approximate surface area is 92.7 Å². The summed E-state index contributed by atoms with van der Waals surface area (Å²) in [5.74, 6) is -0.968. The fourth-order valence-electron chi connectivity index (χ4n) is 2.02. The maximum absolute atomic E-state index is 12.0. The highest BCUT2D eigenvalue weighted by molar-refractivity contribution is 7.87. The average Bonchev–Trinajstić information content (AvgIpc) is 2.26. The van der Waals surface area contributed by atoms with Crippen molar-refractivity contribution >= 4 is 16.8 Å². The zero-order chi connectivity index (χ0) is 11.3. The highest BCUT2D eigenvalue weighted by Crippen LogP contribution is 2.24. The van der Waals surface area contributed by atoms with E-state index < -0.39 is 22.0 Å². The summed E-state index contributed by atoms with van der Waals surface area (Å²) in [5, 5.41) is 8.27. The lowest BCUT2D eigenvalue weighted by molar-refractivity contribution is -0.136. The zero-order valence-corrected chi connectivity index (χ0v) is 9.67. The molecule has 88 valence electrons. The monoisotopic (exact) mass is 233 g/mol. The second-order valence-electron chi connectivity index (χ2n) is 3.99. The van der Waals surface area contributed by atoms with E-state index >= 15 is 0 Å². The molecule has 2 atom stereocenters. The lowest BCUT2D eigenvalue weighted by Gasteiger charge is -2.23. The molecule has 1 saturated carbocycles. The van der Waals surface area contributed by atoms with E-state index in [0.717, 1.165) is 25.7 Å². The third-order valence-corrected chi connectivity index (χ3v) is 4.99. The number of carboxylic acids is 1. The van der Waals surface area contributed by atoms with Crippen LogP contribution in [0.15, 0.2) is 0 Å². The molecule has 2 unspecified atom stereocenters. The Morgan fingerprint density at radius 1 is 1.40 bits per heavy atom. The van der Waals surface area contributed by atoms with Crippen molar-refractivity contribution in [2.24, 2.45) is 5.73 Å². The number of nitrogens with two attached hydrogens (primary N) is 1. The van der Waals surface area contributed by atoms with Crippen LogP contribution in [-0.4, -0.2) is 32.3 Å². The molecule has 1 aliphatic rings. The van der Waals surface area contributed by atoms with Crippen molar-refractivity contribution < 1.29 is 14.1 Å². The summed E-state index contributed by atoms with van der Waals surface area (Å²) >= 11 is 0. The summed E-state index contributed by atoms with van der Waals surface area (Å²) in [4.78, 5) is 10.9. The fraction of sp³-hybridized carbons (Fsp3) is 0.900. The van der Waals surface area contributed by atoms with Gasteiger partial charge < -0.3 is 10.8 Å². The van der Waals surface area contributed by atoms with Crippen molar-refractivity contribution in [1.29, 1.82) is 0 Å². The predicted molar refractivity (Wildman–Crippen MR) is 60.1 cm³/mol. The van der Waals surface area contributed by atoms with E-state index in [1.165, 1.54) is 6.42 Å². The molecule has 1 aliphatic carbocycles. The van der Waals surface area contributed by atoms with Gasteiger partial charge in [-0.25, -0.2) is 0 Å². The first-order valence-electron chi connectivity index (χ1n) is 5.49. The first kappa shape index (κ1) is 12.6. The second-order valence-corrected chi connectivity index (χ2v) is 5.89. The number of hydrogen-bond donors (Lipinski definition) is 2. The topological polar surface area (TPSA) is 80.4 Å². The van der Waals surface area contributed by atoms with Gasteiger partial charge in [-0.1, -0.05) is 19.3 Å². The zero-order valence-electron chi connectivity index (χ0n) is 8.85. The molecular formula is C10H19NO3S. The summed E-state index contributed by atoms with van der Waals surface area (Å²) in [5.41, 5.74) is 5.34. The van der Waals surface area contributed by atoms with E-state index in [1.54, 1.807) is 0 Å². The van der Waals surface area contributed by atoms with Crippen molar-refractivity contribution in [2.75, 3.05) is 6.54 Å². The van der Waals surface area contributed by atoms with Crippen molar-refractivity contribution in [3.63, 3.8) is 0 Å².